The van der Waals surface area contributed by atoms with Gasteiger partial charge in [0.25, 0.3) is 0 Å². The fraction of sp³-hybridized carbons (Fsp3) is 0.333. The van der Waals surface area contributed by atoms with E-state index in [1.807, 2.05) is 16.8 Å². The lowest BCUT2D eigenvalue weighted by Crippen LogP contribution is -2.30. The molecule has 122 valence electrons. The molecular weight excluding hydrogens is 354 g/mol. The van der Waals surface area contributed by atoms with E-state index in [0.717, 1.165) is 11.3 Å². The van der Waals surface area contributed by atoms with E-state index in [9.17, 15) is 8.42 Å². The van der Waals surface area contributed by atoms with Crippen molar-refractivity contribution in [1.29, 1.82) is 0 Å². The van der Waals surface area contributed by atoms with Crippen LogP contribution in [-0.4, -0.2) is 38.2 Å². The maximum Gasteiger partial charge on any atom is 0.244 e. The van der Waals surface area contributed by atoms with Crippen LogP contribution in [0.25, 0.3) is 0 Å². The fourth-order valence-electron chi connectivity index (χ4n) is 2.70. The highest BCUT2D eigenvalue weighted by atomic mass is 32.2. The maximum atomic E-state index is 13.0. The Bertz CT molecular complexity index is 804. The Kier molecular flexibility index (Phi) is 4.00. The summed E-state index contributed by atoms with van der Waals surface area (Å²) in [7, 11) is -3.57. The number of rotatable bonds is 3. The zero-order valence-electron chi connectivity index (χ0n) is 12.2. The van der Waals surface area contributed by atoms with Crippen LogP contribution in [0, 0.1) is 0 Å². The van der Waals surface area contributed by atoms with Crippen molar-refractivity contribution >= 4 is 33.1 Å². The Hall–Kier alpha value is -1.22. The van der Waals surface area contributed by atoms with Gasteiger partial charge in [0.15, 0.2) is 11.5 Å². The zero-order chi connectivity index (χ0) is 15.9. The monoisotopic (exact) mass is 369 g/mol. The molecule has 3 heterocycles. The third-order valence-electron chi connectivity index (χ3n) is 3.80. The van der Waals surface area contributed by atoms with Gasteiger partial charge in [0.1, 0.15) is 13.2 Å². The second-order valence-corrected chi connectivity index (χ2v) is 9.06. The van der Waals surface area contributed by atoms with E-state index in [1.165, 1.54) is 0 Å². The molecule has 0 radical (unpaired) electrons. The quantitative estimate of drug-likeness (QED) is 0.833. The smallest absolute Gasteiger partial charge is 0.244 e. The summed E-state index contributed by atoms with van der Waals surface area (Å²) < 4.78 is 38.6. The number of fused-ring (bicyclic) bond motifs is 1. The number of benzene rings is 1. The van der Waals surface area contributed by atoms with E-state index in [0.29, 0.717) is 31.3 Å². The molecule has 1 saturated heterocycles. The number of hydrogen-bond acceptors (Lipinski definition) is 6. The van der Waals surface area contributed by atoms with Gasteiger partial charge in [0.05, 0.1) is 10.3 Å². The predicted octanol–water partition coefficient (Wildman–Crippen LogP) is 2.96. The minimum atomic E-state index is -3.57. The third kappa shape index (κ3) is 2.73. The van der Waals surface area contributed by atoms with Crippen molar-refractivity contribution in [3.63, 3.8) is 0 Å². The van der Waals surface area contributed by atoms with Crippen LogP contribution in [0.2, 0.25) is 0 Å². The molecule has 2 aromatic rings. The van der Waals surface area contributed by atoms with Gasteiger partial charge < -0.3 is 9.47 Å². The molecule has 1 aromatic carbocycles. The summed E-state index contributed by atoms with van der Waals surface area (Å²) in [6.07, 6.45) is 0. The van der Waals surface area contributed by atoms with Gasteiger partial charge in [0, 0.05) is 18.4 Å². The molecule has 0 aliphatic carbocycles. The van der Waals surface area contributed by atoms with E-state index in [-0.39, 0.29) is 10.3 Å². The van der Waals surface area contributed by atoms with Crippen LogP contribution in [0.3, 0.4) is 0 Å². The number of nitrogens with zero attached hydrogens (tertiary/aromatic N) is 1. The summed E-state index contributed by atoms with van der Waals surface area (Å²) in [5, 5.41) is 3.83. The minimum absolute atomic E-state index is 0.153. The first kappa shape index (κ1) is 15.3. The van der Waals surface area contributed by atoms with Crippen molar-refractivity contribution in [3.05, 3.63) is 40.6 Å². The van der Waals surface area contributed by atoms with E-state index in [1.54, 1.807) is 45.6 Å². The molecule has 23 heavy (non-hydrogen) atoms. The molecule has 0 bridgehead atoms. The molecule has 0 saturated carbocycles. The van der Waals surface area contributed by atoms with E-state index in [4.69, 9.17) is 9.47 Å². The first-order valence-corrected chi connectivity index (χ1v) is 10.6. The Morgan fingerprint density at radius 2 is 1.96 bits per heavy atom. The number of thioether (sulfide) groups is 1. The molecule has 0 amide bonds. The number of thiophene rings is 1. The highest BCUT2D eigenvalue weighted by Gasteiger charge is 2.37. The van der Waals surface area contributed by atoms with E-state index in [2.05, 4.69) is 0 Å². The van der Waals surface area contributed by atoms with Gasteiger partial charge in [-0.1, -0.05) is 0 Å². The third-order valence-corrected chi connectivity index (χ3v) is 7.75. The summed E-state index contributed by atoms with van der Waals surface area (Å²) in [4.78, 5) is 0.254. The summed E-state index contributed by atoms with van der Waals surface area (Å²) >= 11 is 3.24. The van der Waals surface area contributed by atoms with Crippen molar-refractivity contribution < 1.29 is 17.9 Å². The van der Waals surface area contributed by atoms with Crippen molar-refractivity contribution in [3.8, 4) is 11.5 Å². The molecule has 0 N–H and O–H groups in total. The Morgan fingerprint density at radius 3 is 2.74 bits per heavy atom. The lowest BCUT2D eigenvalue weighted by Gasteiger charge is -2.24. The van der Waals surface area contributed by atoms with Crippen molar-refractivity contribution in [2.75, 3.05) is 25.5 Å². The summed E-state index contributed by atoms with van der Waals surface area (Å²) in [5.74, 6) is 1.89. The van der Waals surface area contributed by atoms with Crippen LogP contribution >= 0.6 is 23.1 Å². The highest BCUT2D eigenvalue weighted by Crippen LogP contribution is 2.43. The lowest BCUT2D eigenvalue weighted by atomic mass is 10.3. The average molecular weight is 369 g/mol. The first-order chi connectivity index (χ1) is 11.2. The molecular formula is C15H15NO4S3. The maximum absolute atomic E-state index is 13.0. The molecule has 2 aliphatic rings. The Morgan fingerprint density at radius 1 is 1.13 bits per heavy atom. The Balaban J connectivity index is 1.69. The molecule has 1 aromatic heterocycles. The second-order valence-electron chi connectivity index (χ2n) is 5.20. The highest BCUT2D eigenvalue weighted by molar-refractivity contribution is 8.01. The van der Waals surface area contributed by atoms with Gasteiger partial charge in [-0.15, -0.1) is 11.8 Å². The van der Waals surface area contributed by atoms with Gasteiger partial charge >= 0.3 is 0 Å². The standard InChI is InChI=1S/C15H15NO4S3/c17-23(18,12-1-2-13-14(9-12)20-6-5-19-13)16-4-8-22-15(16)11-3-7-21-10-11/h1-3,7,9-10,15H,4-6,8H2. The largest absolute Gasteiger partial charge is 0.486 e. The average Bonchev–Trinajstić information content (AvgIpc) is 3.25. The first-order valence-electron chi connectivity index (χ1n) is 7.21. The van der Waals surface area contributed by atoms with E-state index < -0.39 is 10.0 Å². The number of ether oxygens (including phenoxy) is 2. The molecule has 2 aliphatic heterocycles. The van der Waals surface area contributed by atoms with Crippen LogP contribution in [0.15, 0.2) is 39.9 Å². The molecule has 1 fully saturated rings. The molecule has 4 rings (SSSR count). The van der Waals surface area contributed by atoms with Crippen molar-refractivity contribution in [1.82, 2.24) is 4.31 Å². The van der Waals surface area contributed by atoms with Gasteiger partial charge in [-0.25, -0.2) is 8.42 Å². The summed E-state index contributed by atoms with van der Waals surface area (Å²) in [6.45, 7) is 1.44. The van der Waals surface area contributed by atoms with Gasteiger partial charge in [-0.05, 0) is 34.5 Å². The van der Waals surface area contributed by atoms with Crippen LogP contribution < -0.4 is 9.47 Å². The van der Waals surface area contributed by atoms with Gasteiger partial charge in [-0.2, -0.15) is 15.6 Å². The molecule has 1 atom stereocenters. The number of hydrogen-bond donors (Lipinski definition) is 0. The van der Waals surface area contributed by atoms with Crippen LogP contribution in [0.5, 0.6) is 11.5 Å². The van der Waals surface area contributed by atoms with Crippen LogP contribution in [-0.2, 0) is 10.0 Å². The molecule has 5 nitrogen and oxygen atoms in total. The molecule has 8 heteroatoms. The van der Waals surface area contributed by atoms with E-state index >= 15 is 0 Å². The topological polar surface area (TPSA) is 55.8 Å². The van der Waals surface area contributed by atoms with Crippen LogP contribution in [0.1, 0.15) is 10.9 Å². The van der Waals surface area contributed by atoms with Gasteiger partial charge in [-0.3, -0.25) is 0 Å². The Labute approximate surface area is 143 Å². The summed E-state index contributed by atoms with van der Waals surface area (Å²) in [6, 6.07) is 6.82. The minimum Gasteiger partial charge on any atom is -0.486 e. The van der Waals surface area contributed by atoms with Gasteiger partial charge in [0.2, 0.25) is 10.0 Å². The predicted molar refractivity (Wildman–Crippen MR) is 90.8 cm³/mol. The number of sulfonamides is 1. The second kappa shape index (κ2) is 6.01. The zero-order valence-corrected chi connectivity index (χ0v) is 14.6. The SMILES string of the molecule is O=S(=O)(c1ccc2c(c1)OCCO2)N1CCSC1c1ccsc1. The lowest BCUT2D eigenvalue weighted by molar-refractivity contribution is 0.171. The molecule has 1 unspecified atom stereocenters. The van der Waals surface area contributed by atoms with Crippen molar-refractivity contribution in [2.45, 2.75) is 10.3 Å². The normalized spacial score (nSPS) is 21.5. The fourth-order valence-corrected chi connectivity index (χ4v) is 6.71. The van der Waals surface area contributed by atoms with Crippen molar-refractivity contribution in [2.24, 2.45) is 0 Å². The summed E-state index contributed by atoms with van der Waals surface area (Å²) in [5.41, 5.74) is 1.04. The molecule has 0 spiro atoms. The van der Waals surface area contributed by atoms with Crippen LogP contribution in [0.4, 0.5) is 0 Å².